The fourth-order valence-corrected chi connectivity index (χ4v) is 0.183. The normalized spacial score (nSPS) is 15.8. The van der Waals surface area contributed by atoms with Crippen molar-refractivity contribution in [1.29, 1.82) is 0 Å². The van der Waals surface area contributed by atoms with Crippen molar-refractivity contribution in [1.82, 2.24) is 0 Å². The number of halogens is 1. The molecule has 0 amide bonds. The quantitative estimate of drug-likeness (QED) is 0.313. The zero-order valence-corrected chi connectivity index (χ0v) is 7.84. The van der Waals surface area contributed by atoms with E-state index in [1.165, 1.54) is 0 Å². The van der Waals surface area contributed by atoms with Gasteiger partial charge in [0.15, 0.2) is 0 Å². The van der Waals surface area contributed by atoms with Gasteiger partial charge in [0.2, 0.25) is 0 Å². The van der Waals surface area contributed by atoms with Crippen molar-refractivity contribution in [3.8, 4) is 0 Å². The molecule has 0 radical (unpaired) electrons. The fourth-order valence-electron chi connectivity index (χ4n) is 0.0609. The van der Waals surface area contributed by atoms with Crippen LogP contribution >= 0.6 is 11.6 Å². The van der Waals surface area contributed by atoms with Crippen LogP contribution in [-0.2, 0) is 21.5 Å². The molecule has 0 aliphatic rings. The zero-order valence-electron chi connectivity index (χ0n) is 5.45. The number of hydrogen-bond donors (Lipinski definition) is 3. The summed E-state index contributed by atoms with van der Waals surface area (Å²) < 4.78 is 49.7. The lowest BCUT2D eigenvalue weighted by molar-refractivity contribution is 0.309. The van der Waals surface area contributed by atoms with E-state index in [4.69, 9.17) is 34.2 Å². The Morgan fingerprint density at radius 1 is 1.50 bits per heavy atom. The van der Waals surface area contributed by atoms with Crippen molar-refractivity contribution in [2.45, 2.75) is 4.71 Å². The Hall–Kier alpha value is 0.230. The predicted molar refractivity (Wildman–Crippen MR) is 39.8 cm³/mol. The van der Waals surface area contributed by atoms with Crippen LogP contribution in [-0.4, -0.2) is 42.7 Å². The molecule has 0 aromatic heterocycles. The molecule has 12 heavy (non-hydrogen) atoms. The van der Waals surface area contributed by atoms with Crippen molar-refractivity contribution >= 4 is 33.1 Å². The molecule has 0 saturated heterocycles. The summed E-state index contributed by atoms with van der Waals surface area (Å²) in [6.07, 6.45) is 0. The molecule has 0 aliphatic heterocycles. The number of aliphatic hydroxyl groups is 1. The third-order valence-electron chi connectivity index (χ3n) is 0.352. The Bertz CT molecular complexity index is 214. The Morgan fingerprint density at radius 2 is 1.75 bits per heavy atom. The van der Waals surface area contributed by atoms with E-state index in [0.29, 0.717) is 0 Å². The van der Waals surface area contributed by atoms with E-state index < -0.39 is 32.8 Å². The molecule has 2 unspecified atom stereocenters. The summed E-state index contributed by atoms with van der Waals surface area (Å²) in [7, 11) is -4.67. The van der Waals surface area contributed by atoms with Crippen LogP contribution < -0.4 is 0 Å². The molecular weight excluding hydrogens is 236 g/mol. The van der Waals surface area contributed by atoms with E-state index in [2.05, 4.69) is 0 Å². The van der Waals surface area contributed by atoms with Crippen LogP contribution in [0.4, 0.5) is 0 Å². The molecule has 0 heterocycles. The van der Waals surface area contributed by atoms with E-state index in [-0.39, 0.29) is 0 Å². The molecule has 2 atom stereocenters. The van der Waals surface area contributed by atoms with Crippen LogP contribution in [0, 0.1) is 0 Å². The maximum Gasteiger partial charge on any atom is 0.394 e. The van der Waals surface area contributed by atoms with Crippen molar-refractivity contribution in [3.63, 3.8) is 0 Å². The molecule has 0 rings (SSSR count). The molecule has 10 heteroatoms. The highest BCUT2D eigenvalue weighted by Crippen LogP contribution is 1.95. The van der Waals surface area contributed by atoms with Gasteiger partial charge < -0.3 is 9.66 Å². The first kappa shape index (κ1) is 14.7. The second-order valence-corrected chi connectivity index (χ2v) is 4.07. The Kier molecular flexibility index (Phi) is 8.25. The first-order valence-corrected chi connectivity index (χ1v) is 5.18. The van der Waals surface area contributed by atoms with Crippen LogP contribution in [0.1, 0.15) is 0 Å². The summed E-state index contributed by atoms with van der Waals surface area (Å²) in [6, 6.07) is 0. The number of hydrogen-bond acceptors (Lipinski definition) is 5. The minimum atomic E-state index is -4.67. The summed E-state index contributed by atoms with van der Waals surface area (Å²) in [5, 5.41) is 7.98. The third-order valence-corrected chi connectivity index (χ3v) is 1.49. The second kappa shape index (κ2) is 6.71. The monoisotopic (exact) mass is 241 g/mol. The van der Waals surface area contributed by atoms with Gasteiger partial charge in [0, 0.05) is 0 Å². The topological polar surface area (TPSA) is 135 Å². The van der Waals surface area contributed by atoms with E-state index in [0.717, 1.165) is 0 Å². The van der Waals surface area contributed by atoms with Gasteiger partial charge in [-0.05, 0) is 11.1 Å². The molecule has 0 saturated carbocycles. The Labute approximate surface area is 76.2 Å². The second-order valence-electron chi connectivity index (χ2n) is 1.30. The first-order valence-electron chi connectivity index (χ1n) is 2.21. The number of alkyl halides is 1. The molecule has 0 aromatic carbocycles. The molecule has 0 spiro atoms. The first-order chi connectivity index (χ1) is 5.18. The highest BCUT2D eigenvalue weighted by molar-refractivity contribution is 7.81. The molecule has 0 aliphatic carbocycles. The van der Waals surface area contributed by atoms with Gasteiger partial charge in [-0.3, -0.25) is 13.3 Å². The molecule has 0 aromatic rings. The van der Waals surface area contributed by atoms with Gasteiger partial charge >= 0.3 is 10.4 Å². The van der Waals surface area contributed by atoms with Crippen LogP contribution in [0.3, 0.4) is 0 Å². The highest BCUT2D eigenvalue weighted by atomic mass is 35.5. The van der Waals surface area contributed by atoms with Gasteiger partial charge in [-0.25, -0.2) is 0 Å². The lowest BCUT2D eigenvalue weighted by Crippen LogP contribution is -2.10. The lowest BCUT2D eigenvalue weighted by Gasteiger charge is -2.06. The molecule has 0 fully saturated rings. The van der Waals surface area contributed by atoms with Gasteiger partial charge in [-0.1, -0.05) is 0 Å². The Balaban J connectivity index is 0. The summed E-state index contributed by atoms with van der Waals surface area (Å²) in [6.45, 7) is -0.530. The van der Waals surface area contributed by atoms with E-state index in [9.17, 15) is 8.76 Å². The predicted octanol–water partition coefficient (Wildman–Crippen LogP) is -1.23. The number of aliphatic hydroxyl groups excluding tert-OH is 1. The third kappa shape index (κ3) is 22.5. The number of rotatable bonds is 2. The largest absolute Gasteiger partial charge is 0.771 e. The van der Waals surface area contributed by atoms with Crippen molar-refractivity contribution in [2.24, 2.45) is 0 Å². The SMILES string of the molecule is O=S(=O)(O)O.O=S([O-])C(Cl)CO. The van der Waals surface area contributed by atoms with Crippen molar-refractivity contribution in [3.05, 3.63) is 0 Å². The van der Waals surface area contributed by atoms with E-state index in [1.807, 2.05) is 0 Å². The fraction of sp³-hybridized carbons (Fsp3) is 1.00. The van der Waals surface area contributed by atoms with Gasteiger partial charge in [-0.2, -0.15) is 8.42 Å². The van der Waals surface area contributed by atoms with E-state index in [1.54, 1.807) is 0 Å². The summed E-state index contributed by atoms with van der Waals surface area (Å²) >= 11 is 2.59. The summed E-state index contributed by atoms with van der Waals surface area (Å²) in [4.78, 5) is 0. The van der Waals surface area contributed by atoms with E-state index >= 15 is 0 Å². The van der Waals surface area contributed by atoms with Crippen LogP contribution in [0.2, 0.25) is 0 Å². The smallest absolute Gasteiger partial charge is 0.394 e. The maximum absolute atomic E-state index is 9.64. The van der Waals surface area contributed by atoms with Crippen molar-refractivity contribution < 1.29 is 31.4 Å². The molecule has 7 nitrogen and oxygen atoms in total. The van der Waals surface area contributed by atoms with Gasteiger partial charge in [0.1, 0.15) is 4.71 Å². The molecular formula is C2H6ClO7S2-. The van der Waals surface area contributed by atoms with Crippen LogP contribution in [0.15, 0.2) is 0 Å². The van der Waals surface area contributed by atoms with Gasteiger partial charge in [0.05, 0.1) is 6.61 Å². The zero-order chi connectivity index (χ0) is 10.4. The molecule has 76 valence electrons. The maximum atomic E-state index is 9.64. The minimum absolute atomic E-state index is 0.530. The summed E-state index contributed by atoms with van der Waals surface area (Å²) in [5.41, 5.74) is 0. The van der Waals surface area contributed by atoms with Gasteiger partial charge in [-0.15, -0.1) is 11.6 Å². The highest BCUT2D eigenvalue weighted by Gasteiger charge is 1.98. The Morgan fingerprint density at radius 3 is 1.75 bits per heavy atom. The lowest BCUT2D eigenvalue weighted by atomic mass is 10.9. The molecule has 0 bridgehead atoms. The van der Waals surface area contributed by atoms with Crippen molar-refractivity contribution in [2.75, 3.05) is 6.61 Å². The van der Waals surface area contributed by atoms with Gasteiger partial charge in [0.25, 0.3) is 0 Å². The minimum Gasteiger partial charge on any atom is -0.771 e. The average molecular weight is 242 g/mol. The molecule has 3 N–H and O–H groups in total. The summed E-state index contributed by atoms with van der Waals surface area (Å²) in [5.74, 6) is 0. The standard InChI is InChI=1S/C2H5ClO3S.H2O4S/c3-2(1-4)7(5)6;1-5(2,3)4/h2,4H,1H2,(H,5,6);(H2,1,2,3,4)/p-1. The van der Waals surface area contributed by atoms with Crippen LogP contribution in [0.5, 0.6) is 0 Å². The van der Waals surface area contributed by atoms with Crippen LogP contribution in [0.25, 0.3) is 0 Å². The average Bonchev–Trinajstić information content (AvgIpc) is 1.82.